The highest BCUT2D eigenvalue weighted by Gasteiger charge is 2.39. The van der Waals surface area contributed by atoms with Gasteiger partial charge in [-0.2, -0.15) is 15.3 Å². The molecule has 6 aromatic carbocycles. The van der Waals surface area contributed by atoms with Crippen LogP contribution in [0.3, 0.4) is 0 Å². The number of amides is 9. The summed E-state index contributed by atoms with van der Waals surface area (Å²) in [5.74, 6) is -4.49. The summed E-state index contributed by atoms with van der Waals surface area (Å²) in [6.45, 7) is 0.916. The lowest BCUT2D eigenvalue weighted by atomic mass is 10.0. The van der Waals surface area contributed by atoms with Crippen LogP contribution in [0.1, 0.15) is 103 Å². The van der Waals surface area contributed by atoms with Gasteiger partial charge in [-0.05, 0) is 108 Å². The Morgan fingerprint density at radius 3 is 0.828 bits per heavy atom. The SMILES string of the molecule is O=C1NN=Cc2ccc(cc2)C(=O)N2CCC[C@H]2C(=O)N[C@@H](Cc2ccccc2)C(=O)NN=Cc2ccc(cc2)C(=O)N2CCC[C@H]2C(=O)N[C@@H](Cc2ccccc2)C(=O)NN=Cc2ccc(cc2)C(=O)N2CCC[C@H]2C(=O)N[C@H]1Cc1ccccc1. The Morgan fingerprint density at radius 2 is 0.575 bits per heavy atom. The molecule has 6 bridgehead atoms. The molecule has 3 saturated heterocycles. The van der Waals surface area contributed by atoms with Crippen molar-refractivity contribution in [3.8, 4) is 0 Å². The maximum Gasteiger partial charge on any atom is 0.262 e. The zero-order valence-corrected chi connectivity index (χ0v) is 47.6. The predicted molar refractivity (Wildman–Crippen MR) is 325 cm³/mol. The van der Waals surface area contributed by atoms with Gasteiger partial charge in [0, 0.05) is 55.6 Å². The fourth-order valence-electron chi connectivity index (χ4n) is 11.2. The lowest BCUT2D eigenvalue weighted by Crippen LogP contribution is -2.53. The van der Waals surface area contributed by atoms with E-state index in [1.807, 2.05) is 91.0 Å². The van der Waals surface area contributed by atoms with E-state index in [1.165, 1.54) is 33.3 Å². The Labute approximate surface area is 502 Å². The molecular weight excluding hydrogens is 1100 g/mol. The first-order valence-electron chi connectivity index (χ1n) is 29.1. The maximum atomic E-state index is 14.1. The molecular formula is C66H66N12O9. The quantitative estimate of drug-likeness (QED) is 0.137. The van der Waals surface area contributed by atoms with Gasteiger partial charge in [-0.1, -0.05) is 127 Å². The van der Waals surface area contributed by atoms with Crippen LogP contribution in [0.4, 0.5) is 0 Å². The van der Waals surface area contributed by atoms with Gasteiger partial charge in [0.25, 0.3) is 35.4 Å². The fraction of sp³-hybridized carbons (Fsp3) is 0.273. The summed E-state index contributed by atoms with van der Waals surface area (Å²) in [6.07, 6.45) is 7.32. The summed E-state index contributed by atoms with van der Waals surface area (Å²) in [5, 5.41) is 21.2. The topological polar surface area (TPSA) is 273 Å². The number of hydrogen-bond acceptors (Lipinski definition) is 12. The highest BCUT2D eigenvalue weighted by Crippen LogP contribution is 2.25. The number of carbonyl (C=O) groups is 9. The number of nitrogens with zero attached hydrogens (tertiary/aromatic N) is 6. The zero-order chi connectivity index (χ0) is 60.7. The summed E-state index contributed by atoms with van der Waals surface area (Å²) < 4.78 is 0. The van der Waals surface area contributed by atoms with Crippen LogP contribution < -0.4 is 32.2 Å². The summed E-state index contributed by atoms with van der Waals surface area (Å²) in [6, 6.07) is 41.0. The minimum atomic E-state index is -1.08. The van der Waals surface area contributed by atoms with Crippen LogP contribution in [0.15, 0.2) is 179 Å². The van der Waals surface area contributed by atoms with Crippen molar-refractivity contribution in [3.05, 3.63) is 214 Å². The van der Waals surface area contributed by atoms with Crippen LogP contribution in [0.2, 0.25) is 0 Å². The second-order valence-corrected chi connectivity index (χ2v) is 21.8. The highest BCUT2D eigenvalue weighted by molar-refractivity contribution is 6.02. The summed E-state index contributed by atoms with van der Waals surface area (Å²) in [7, 11) is 0. The molecule has 7 heterocycles. The lowest BCUT2D eigenvalue weighted by molar-refractivity contribution is -0.131. The molecule has 9 amide bonds. The van der Waals surface area contributed by atoms with Crippen molar-refractivity contribution in [2.45, 2.75) is 94.0 Å². The third-order valence-corrected chi connectivity index (χ3v) is 15.8. The van der Waals surface area contributed by atoms with E-state index in [0.29, 0.717) is 91.5 Å². The number of hydrazone groups is 3. The molecule has 21 nitrogen and oxygen atoms in total. The van der Waals surface area contributed by atoms with Gasteiger partial charge in [0.2, 0.25) is 17.7 Å². The van der Waals surface area contributed by atoms with Crippen molar-refractivity contribution in [2.75, 3.05) is 19.6 Å². The number of carbonyl (C=O) groups excluding carboxylic acids is 9. The number of rotatable bonds is 6. The molecule has 13 rings (SSSR count). The first kappa shape index (κ1) is 59.7. The van der Waals surface area contributed by atoms with E-state index >= 15 is 0 Å². The van der Waals surface area contributed by atoms with Gasteiger partial charge in [0.15, 0.2) is 0 Å². The third-order valence-electron chi connectivity index (χ3n) is 15.8. The van der Waals surface area contributed by atoms with E-state index in [-0.39, 0.29) is 37.0 Å². The Hall–Kier alpha value is -10.4. The number of fused-ring (bicyclic) bond motifs is 3. The zero-order valence-electron chi connectivity index (χ0n) is 47.6. The Kier molecular flexibility index (Phi) is 19.5. The van der Waals surface area contributed by atoms with Crippen molar-refractivity contribution in [3.63, 3.8) is 0 Å². The summed E-state index contributed by atoms with van der Waals surface area (Å²) >= 11 is 0. The van der Waals surface area contributed by atoms with Crippen molar-refractivity contribution in [2.24, 2.45) is 15.3 Å². The van der Waals surface area contributed by atoms with E-state index in [4.69, 9.17) is 0 Å². The third kappa shape index (κ3) is 15.3. The van der Waals surface area contributed by atoms with Gasteiger partial charge in [-0.25, -0.2) is 16.3 Å². The van der Waals surface area contributed by atoms with E-state index in [1.54, 1.807) is 72.8 Å². The monoisotopic (exact) mass is 1170 g/mol. The molecule has 0 aromatic heterocycles. The van der Waals surface area contributed by atoms with E-state index in [9.17, 15) is 43.2 Å². The number of benzene rings is 6. The minimum absolute atomic E-state index is 0.124. The molecule has 0 unspecified atom stereocenters. The van der Waals surface area contributed by atoms with Crippen molar-refractivity contribution in [1.29, 1.82) is 0 Å². The van der Waals surface area contributed by atoms with Gasteiger partial charge < -0.3 is 30.7 Å². The van der Waals surface area contributed by atoms with Crippen LogP contribution in [0.5, 0.6) is 0 Å². The largest absolute Gasteiger partial charge is 0.342 e. The predicted octanol–water partition coefficient (Wildman–Crippen LogP) is 4.45. The van der Waals surface area contributed by atoms with E-state index in [0.717, 1.165) is 16.7 Å². The van der Waals surface area contributed by atoms with Gasteiger partial charge in [-0.15, -0.1) is 0 Å². The molecule has 6 N–H and O–H groups in total. The van der Waals surface area contributed by atoms with E-state index < -0.39 is 71.7 Å². The number of nitrogens with one attached hydrogen (secondary N) is 6. The average Bonchev–Trinajstić information content (AvgIpc) is 3.48. The molecule has 6 atom stereocenters. The highest BCUT2D eigenvalue weighted by atomic mass is 16.2. The van der Waals surface area contributed by atoms with Gasteiger partial charge >= 0.3 is 0 Å². The molecule has 21 heteroatoms. The minimum Gasteiger partial charge on any atom is -0.342 e. The van der Waals surface area contributed by atoms with Crippen molar-refractivity contribution in [1.82, 2.24) is 46.9 Å². The van der Waals surface area contributed by atoms with Gasteiger partial charge in [0.1, 0.15) is 36.3 Å². The molecule has 0 aliphatic carbocycles. The lowest BCUT2D eigenvalue weighted by Gasteiger charge is -2.26. The second-order valence-electron chi connectivity index (χ2n) is 21.8. The van der Waals surface area contributed by atoms with Crippen LogP contribution in [-0.2, 0) is 48.0 Å². The van der Waals surface area contributed by atoms with Gasteiger partial charge in [-0.3, -0.25) is 43.2 Å². The summed E-state index contributed by atoms with van der Waals surface area (Å²) in [5.41, 5.74) is 12.5. The maximum absolute atomic E-state index is 14.1. The van der Waals surface area contributed by atoms with Crippen LogP contribution in [0, 0.1) is 0 Å². The fourth-order valence-corrected chi connectivity index (χ4v) is 11.2. The molecule has 0 spiro atoms. The molecule has 7 aliphatic heterocycles. The first-order valence-corrected chi connectivity index (χ1v) is 29.1. The number of hydrogen-bond donors (Lipinski definition) is 6. The van der Waals surface area contributed by atoms with Crippen LogP contribution in [0.25, 0.3) is 0 Å². The van der Waals surface area contributed by atoms with Crippen LogP contribution in [-0.4, -0.2) is 142 Å². The van der Waals surface area contributed by atoms with Gasteiger partial charge in [0.05, 0.1) is 18.6 Å². The molecule has 0 radical (unpaired) electrons. The average molecular weight is 1170 g/mol. The standard InChI is InChI=1S/C66H66N12O9/c79-58-52(37-43-13-4-1-5-14-43)70-61(82)55-19-10-34-76(55)64(85)49-30-24-47(25-31-49)41-68-74-59(80)53(38-44-15-6-2-7-16-44)72-63(84)57-21-12-36-78(57)66(87)51-32-26-48(27-33-51)42-69-75-60(81)54(39-45-17-8-3-9-18-45)71-62(83)56-20-11-35-77(56)65(86)50-28-22-46(23-29-50)40-67-73-58/h1-9,13-18,22-33,40-42,52-57H,10-12,19-21,34-39H2,(H,70,82)(H,71,83)(H,72,84)(H,73,79)(H,74,80)(H,75,81)/t52-,53-,54-,55-,56-,57-/m0/s1. The molecule has 7 aliphatic rings. The molecule has 0 saturated carbocycles. The molecule has 444 valence electrons. The van der Waals surface area contributed by atoms with Crippen molar-refractivity contribution < 1.29 is 43.2 Å². The smallest absolute Gasteiger partial charge is 0.262 e. The molecule has 3 fully saturated rings. The van der Waals surface area contributed by atoms with Crippen molar-refractivity contribution >= 4 is 71.8 Å². The Morgan fingerprint density at radius 1 is 0.322 bits per heavy atom. The van der Waals surface area contributed by atoms with Crippen LogP contribution >= 0.6 is 0 Å². The molecule has 87 heavy (non-hydrogen) atoms. The molecule has 6 aromatic rings. The second kappa shape index (κ2) is 28.4. The Balaban J connectivity index is 0.895. The first-order chi connectivity index (χ1) is 42.3. The van der Waals surface area contributed by atoms with E-state index in [2.05, 4.69) is 47.5 Å². The Bertz CT molecular complexity index is 3190. The normalized spacial score (nSPS) is 22.1. The summed E-state index contributed by atoms with van der Waals surface area (Å²) in [4.78, 5) is 131.